The van der Waals surface area contributed by atoms with Crippen LogP contribution in [0, 0.1) is 5.92 Å². The average molecular weight is 325 g/mol. The van der Waals surface area contributed by atoms with Crippen molar-refractivity contribution in [3.8, 4) is 11.3 Å². The van der Waals surface area contributed by atoms with Gasteiger partial charge in [0, 0.05) is 24.0 Å². The van der Waals surface area contributed by atoms with Crippen molar-refractivity contribution < 1.29 is 0 Å². The third-order valence-corrected chi connectivity index (χ3v) is 4.67. The summed E-state index contributed by atoms with van der Waals surface area (Å²) in [7, 11) is 0. The van der Waals surface area contributed by atoms with Crippen molar-refractivity contribution >= 4 is 11.9 Å². The molecule has 0 atom stereocenters. The molecule has 0 bridgehead atoms. The second kappa shape index (κ2) is 6.68. The fraction of sp³-hybridized carbons (Fsp3) is 0.529. The Kier molecular flexibility index (Phi) is 4.25. The lowest BCUT2D eigenvalue weighted by Gasteiger charge is -2.23. The Labute approximate surface area is 141 Å². The fourth-order valence-corrected chi connectivity index (χ4v) is 3.12. The molecule has 0 radical (unpaired) electrons. The molecule has 7 heteroatoms. The highest BCUT2D eigenvalue weighted by atomic mass is 15.1. The quantitative estimate of drug-likeness (QED) is 0.768. The number of nitrogens with zero attached hydrogens (tertiary/aromatic N) is 4. The Hall–Kier alpha value is -2.28. The summed E-state index contributed by atoms with van der Waals surface area (Å²) in [5.74, 6) is 1.73. The number of hydrogen-bond acceptors (Lipinski definition) is 7. The first kappa shape index (κ1) is 15.3. The Bertz CT molecular complexity index is 708. The molecule has 0 spiro atoms. The maximum Gasteiger partial charge on any atom is 0.223 e. The topological polar surface area (TPSA) is 102 Å². The summed E-state index contributed by atoms with van der Waals surface area (Å²) in [5.41, 5.74) is 8.60. The molecule has 4 N–H and O–H groups in total. The number of rotatable bonds is 5. The number of nitrogen functional groups attached to an aromatic ring is 1. The third kappa shape index (κ3) is 3.62. The first-order valence-corrected chi connectivity index (χ1v) is 8.70. The van der Waals surface area contributed by atoms with E-state index in [1.807, 2.05) is 6.07 Å². The van der Waals surface area contributed by atoms with E-state index in [-0.39, 0.29) is 0 Å². The van der Waals surface area contributed by atoms with Crippen molar-refractivity contribution in [1.29, 1.82) is 0 Å². The second-order valence-electron chi connectivity index (χ2n) is 6.67. The van der Waals surface area contributed by atoms with Crippen LogP contribution < -0.4 is 16.4 Å². The molecule has 126 valence electrons. The minimum Gasteiger partial charge on any atom is -0.368 e. The summed E-state index contributed by atoms with van der Waals surface area (Å²) in [5, 5.41) is 6.81. The van der Waals surface area contributed by atoms with Crippen LogP contribution in [0.1, 0.15) is 31.4 Å². The highest BCUT2D eigenvalue weighted by Gasteiger charge is 2.24. The number of hydrogen-bond donors (Lipinski definition) is 3. The van der Waals surface area contributed by atoms with Gasteiger partial charge in [0.2, 0.25) is 11.9 Å². The zero-order chi connectivity index (χ0) is 16.4. The normalized spacial score (nSPS) is 18.5. The molecule has 2 aliphatic rings. The molecule has 24 heavy (non-hydrogen) atoms. The van der Waals surface area contributed by atoms with Gasteiger partial charge in [0.25, 0.3) is 0 Å². The van der Waals surface area contributed by atoms with Gasteiger partial charge >= 0.3 is 0 Å². The third-order valence-electron chi connectivity index (χ3n) is 4.67. The number of anilines is 2. The molecule has 2 aromatic heterocycles. The largest absolute Gasteiger partial charge is 0.368 e. The van der Waals surface area contributed by atoms with E-state index in [1.54, 1.807) is 12.4 Å². The predicted octanol–water partition coefficient (Wildman–Crippen LogP) is 1.63. The standard InChI is InChI=1S/C17H23N7/c18-16-21-10-13(15(23-16)9-11-1-2-11)14-5-8-20-17(24-14)22-12-3-6-19-7-4-12/h5,8,10-12,19H,1-4,6-7,9H2,(H2,18,21,23)(H,20,22,24). The Morgan fingerprint density at radius 3 is 2.75 bits per heavy atom. The molecule has 0 unspecified atom stereocenters. The monoisotopic (exact) mass is 325 g/mol. The molecule has 1 saturated carbocycles. The Morgan fingerprint density at radius 1 is 1.12 bits per heavy atom. The van der Waals surface area contributed by atoms with Crippen LogP contribution in [0.2, 0.25) is 0 Å². The van der Waals surface area contributed by atoms with E-state index in [1.165, 1.54) is 12.8 Å². The lowest BCUT2D eigenvalue weighted by atomic mass is 10.1. The molecular formula is C17H23N7. The minimum absolute atomic E-state index is 0.330. The SMILES string of the molecule is Nc1ncc(-c2ccnc(NC3CCNCC3)n2)c(CC2CC2)n1. The maximum atomic E-state index is 5.78. The first-order chi connectivity index (χ1) is 11.8. The van der Waals surface area contributed by atoms with E-state index in [4.69, 9.17) is 10.7 Å². The second-order valence-corrected chi connectivity index (χ2v) is 6.67. The van der Waals surface area contributed by atoms with Gasteiger partial charge in [-0.05, 0) is 57.2 Å². The van der Waals surface area contributed by atoms with Crippen LogP contribution >= 0.6 is 0 Å². The molecule has 4 rings (SSSR count). The number of nitrogens with one attached hydrogen (secondary N) is 2. The fourth-order valence-electron chi connectivity index (χ4n) is 3.12. The number of nitrogens with two attached hydrogens (primary N) is 1. The van der Waals surface area contributed by atoms with Crippen molar-refractivity contribution in [2.24, 2.45) is 5.92 Å². The van der Waals surface area contributed by atoms with E-state index in [2.05, 4.69) is 25.6 Å². The summed E-state index contributed by atoms with van der Waals surface area (Å²) >= 11 is 0. The molecule has 1 saturated heterocycles. The molecule has 3 heterocycles. The van der Waals surface area contributed by atoms with Crippen molar-refractivity contribution in [1.82, 2.24) is 25.3 Å². The van der Waals surface area contributed by atoms with Crippen molar-refractivity contribution in [2.45, 2.75) is 38.1 Å². The minimum atomic E-state index is 0.330. The Balaban J connectivity index is 1.58. The van der Waals surface area contributed by atoms with E-state index in [0.717, 1.165) is 55.2 Å². The zero-order valence-corrected chi connectivity index (χ0v) is 13.7. The maximum absolute atomic E-state index is 5.78. The number of piperidine rings is 1. The molecule has 1 aliphatic heterocycles. The van der Waals surface area contributed by atoms with Gasteiger partial charge in [-0.3, -0.25) is 0 Å². The highest BCUT2D eigenvalue weighted by molar-refractivity contribution is 5.62. The Morgan fingerprint density at radius 2 is 1.96 bits per heavy atom. The van der Waals surface area contributed by atoms with Crippen LogP contribution in [0.25, 0.3) is 11.3 Å². The molecule has 2 fully saturated rings. The molecule has 2 aromatic rings. The van der Waals surface area contributed by atoms with Gasteiger partial charge in [-0.15, -0.1) is 0 Å². The van der Waals surface area contributed by atoms with Crippen molar-refractivity contribution in [3.63, 3.8) is 0 Å². The summed E-state index contributed by atoms with van der Waals surface area (Å²) in [6.45, 7) is 2.07. The van der Waals surface area contributed by atoms with Crippen LogP contribution in [0.5, 0.6) is 0 Å². The lowest BCUT2D eigenvalue weighted by molar-refractivity contribution is 0.477. The van der Waals surface area contributed by atoms with Gasteiger partial charge in [-0.25, -0.2) is 19.9 Å². The smallest absolute Gasteiger partial charge is 0.223 e. The van der Waals surface area contributed by atoms with E-state index in [0.29, 0.717) is 17.9 Å². The average Bonchev–Trinajstić information content (AvgIpc) is 3.40. The lowest BCUT2D eigenvalue weighted by Crippen LogP contribution is -2.35. The highest BCUT2D eigenvalue weighted by Crippen LogP contribution is 2.34. The summed E-state index contributed by atoms with van der Waals surface area (Å²) in [6.07, 6.45) is 9.26. The van der Waals surface area contributed by atoms with Crippen LogP contribution in [0.15, 0.2) is 18.5 Å². The van der Waals surface area contributed by atoms with Crippen molar-refractivity contribution in [3.05, 3.63) is 24.2 Å². The van der Waals surface area contributed by atoms with E-state index < -0.39 is 0 Å². The van der Waals surface area contributed by atoms with Gasteiger partial charge in [0.05, 0.1) is 11.4 Å². The molecule has 1 aliphatic carbocycles. The summed E-state index contributed by atoms with van der Waals surface area (Å²) in [6, 6.07) is 2.34. The van der Waals surface area contributed by atoms with Crippen molar-refractivity contribution in [2.75, 3.05) is 24.1 Å². The first-order valence-electron chi connectivity index (χ1n) is 8.70. The van der Waals surface area contributed by atoms with Crippen LogP contribution in [0.3, 0.4) is 0 Å². The van der Waals surface area contributed by atoms with Crippen LogP contribution in [-0.4, -0.2) is 39.1 Å². The molecule has 7 nitrogen and oxygen atoms in total. The summed E-state index contributed by atoms with van der Waals surface area (Å²) < 4.78 is 0. The van der Waals surface area contributed by atoms with E-state index >= 15 is 0 Å². The molecule has 0 amide bonds. The van der Waals surface area contributed by atoms with Crippen LogP contribution in [-0.2, 0) is 6.42 Å². The van der Waals surface area contributed by atoms with Gasteiger partial charge < -0.3 is 16.4 Å². The van der Waals surface area contributed by atoms with Crippen LogP contribution in [0.4, 0.5) is 11.9 Å². The molecular weight excluding hydrogens is 302 g/mol. The van der Waals surface area contributed by atoms with Gasteiger partial charge in [0.15, 0.2) is 0 Å². The van der Waals surface area contributed by atoms with Gasteiger partial charge in [0.1, 0.15) is 0 Å². The predicted molar refractivity (Wildman–Crippen MR) is 93.4 cm³/mol. The van der Waals surface area contributed by atoms with Gasteiger partial charge in [-0.2, -0.15) is 0 Å². The zero-order valence-electron chi connectivity index (χ0n) is 13.7. The summed E-state index contributed by atoms with van der Waals surface area (Å²) in [4.78, 5) is 17.7. The molecule has 0 aromatic carbocycles. The van der Waals surface area contributed by atoms with Gasteiger partial charge in [-0.1, -0.05) is 0 Å². The van der Waals surface area contributed by atoms with E-state index in [9.17, 15) is 0 Å². The number of aromatic nitrogens is 4.